The summed E-state index contributed by atoms with van der Waals surface area (Å²) in [6.07, 6.45) is 0.863. The van der Waals surface area contributed by atoms with Crippen molar-refractivity contribution in [2.24, 2.45) is 5.92 Å². The van der Waals surface area contributed by atoms with Gasteiger partial charge in [0.25, 0.3) is 5.91 Å². The molecule has 1 aromatic rings. The second-order valence-corrected chi connectivity index (χ2v) is 4.74. The number of amides is 1. The number of aliphatic hydroxyl groups excluding tert-OH is 1. The summed E-state index contributed by atoms with van der Waals surface area (Å²) in [5.74, 6) is 0.183. The Labute approximate surface area is 105 Å². The third-order valence-electron chi connectivity index (χ3n) is 3.11. The molecule has 1 saturated heterocycles. The highest BCUT2D eigenvalue weighted by Gasteiger charge is 2.27. The van der Waals surface area contributed by atoms with E-state index in [0.29, 0.717) is 29.5 Å². The fourth-order valence-electron chi connectivity index (χ4n) is 2.09. The summed E-state index contributed by atoms with van der Waals surface area (Å²) in [5, 5.41) is 9.46. The normalized spacial score (nSPS) is 19.7. The van der Waals surface area contributed by atoms with Gasteiger partial charge in [0.2, 0.25) is 0 Å². The predicted octanol–water partition coefficient (Wildman–Crippen LogP) is 1.50. The Morgan fingerprint density at radius 2 is 2.41 bits per heavy atom. The number of likely N-dealkylation sites (tertiary alicyclic amines) is 1. The van der Waals surface area contributed by atoms with Gasteiger partial charge in [-0.15, -0.1) is 0 Å². The number of rotatable bonds is 2. The van der Waals surface area contributed by atoms with Crippen LogP contribution in [-0.2, 0) is 0 Å². The first-order valence-corrected chi connectivity index (χ1v) is 6.03. The third kappa shape index (κ3) is 2.58. The lowest BCUT2D eigenvalue weighted by atomic mass is 10.1. The van der Waals surface area contributed by atoms with Crippen molar-refractivity contribution >= 4 is 17.5 Å². The van der Waals surface area contributed by atoms with Crippen LogP contribution in [0.3, 0.4) is 0 Å². The Balaban J connectivity index is 2.15. The zero-order valence-electron chi connectivity index (χ0n) is 9.69. The standard InChI is InChI=1S/C12H15ClN2O2/c1-8-10(2-3-11(13)14-8)12(17)15-5-4-9(6-15)7-16/h2-3,9,16H,4-7H2,1H3. The van der Waals surface area contributed by atoms with E-state index in [-0.39, 0.29) is 18.4 Å². The molecular weight excluding hydrogens is 240 g/mol. The maximum absolute atomic E-state index is 12.2. The number of aliphatic hydroxyl groups is 1. The minimum atomic E-state index is -0.0254. The topological polar surface area (TPSA) is 53.4 Å². The van der Waals surface area contributed by atoms with Crippen LogP contribution in [0, 0.1) is 12.8 Å². The van der Waals surface area contributed by atoms with Crippen LogP contribution in [0.2, 0.25) is 5.15 Å². The molecule has 5 heteroatoms. The van der Waals surface area contributed by atoms with Crippen molar-refractivity contribution in [1.82, 2.24) is 9.88 Å². The van der Waals surface area contributed by atoms with Gasteiger partial charge in [-0.05, 0) is 25.5 Å². The molecule has 0 aromatic carbocycles. The molecule has 0 radical (unpaired) electrons. The van der Waals surface area contributed by atoms with Gasteiger partial charge in [-0.2, -0.15) is 0 Å². The quantitative estimate of drug-likeness (QED) is 0.814. The molecule has 1 fully saturated rings. The average Bonchev–Trinajstić information content (AvgIpc) is 2.76. The maximum Gasteiger partial charge on any atom is 0.255 e. The van der Waals surface area contributed by atoms with Gasteiger partial charge < -0.3 is 10.0 Å². The molecule has 1 aliphatic heterocycles. The van der Waals surface area contributed by atoms with Crippen molar-refractivity contribution in [1.29, 1.82) is 0 Å². The van der Waals surface area contributed by atoms with Crippen LogP contribution in [0.5, 0.6) is 0 Å². The second kappa shape index (κ2) is 5.02. The summed E-state index contributed by atoms with van der Waals surface area (Å²) in [6, 6.07) is 3.33. The Morgan fingerprint density at radius 3 is 3.00 bits per heavy atom. The van der Waals surface area contributed by atoms with Gasteiger partial charge >= 0.3 is 0 Å². The molecule has 0 spiro atoms. The van der Waals surface area contributed by atoms with E-state index in [2.05, 4.69) is 4.98 Å². The maximum atomic E-state index is 12.2. The van der Waals surface area contributed by atoms with Gasteiger partial charge in [0.05, 0.1) is 11.3 Å². The molecule has 2 heterocycles. The van der Waals surface area contributed by atoms with Crippen molar-refractivity contribution in [3.8, 4) is 0 Å². The summed E-state index contributed by atoms with van der Waals surface area (Å²) >= 11 is 5.76. The van der Waals surface area contributed by atoms with Gasteiger partial charge in [0, 0.05) is 25.6 Å². The molecule has 0 aliphatic carbocycles. The number of nitrogens with zero attached hydrogens (tertiary/aromatic N) is 2. The zero-order valence-corrected chi connectivity index (χ0v) is 10.4. The second-order valence-electron chi connectivity index (χ2n) is 4.36. The summed E-state index contributed by atoms with van der Waals surface area (Å²) in [6.45, 7) is 3.24. The fourth-order valence-corrected chi connectivity index (χ4v) is 2.28. The number of hydrogen-bond acceptors (Lipinski definition) is 3. The van der Waals surface area contributed by atoms with E-state index in [1.54, 1.807) is 24.0 Å². The van der Waals surface area contributed by atoms with E-state index in [9.17, 15) is 4.79 Å². The molecule has 17 heavy (non-hydrogen) atoms. The molecule has 4 nitrogen and oxygen atoms in total. The van der Waals surface area contributed by atoms with Crippen LogP contribution >= 0.6 is 11.6 Å². The number of aromatic nitrogens is 1. The van der Waals surface area contributed by atoms with Crippen LogP contribution < -0.4 is 0 Å². The monoisotopic (exact) mass is 254 g/mol. The number of aryl methyl sites for hydroxylation is 1. The highest BCUT2D eigenvalue weighted by Crippen LogP contribution is 2.20. The Hall–Kier alpha value is -1.13. The lowest BCUT2D eigenvalue weighted by Crippen LogP contribution is -2.29. The minimum absolute atomic E-state index is 0.0254. The van der Waals surface area contributed by atoms with Crippen LogP contribution in [-0.4, -0.2) is 40.6 Å². The first-order valence-electron chi connectivity index (χ1n) is 5.65. The van der Waals surface area contributed by atoms with E-state index in [0.717, 1.165) is 6.42 Å². The van der Waals surface area contributed by atoms with Gasteiger partial charge in [0.15, 0.2) is 0 Å². The van der Waals surface area contributed by atoms with E-state index >= 15 is 0 Å². The number of carbonyl (C=O) groups excluding carboxylic acids is 1. The number of pyridine rings is 1. The minimum Gasteiger partial charge on any atom is -0.396 e. The molecule has 1 aromatic heterocycles. The molecule has 1 atom stereocenters. The fraction of sp³-hybridized carbons (Fsp3) is 0.500. The van der Waals surface area contributed by atoms with Gasteiger partial charge in [-0.25, -0.2) is 4.98 Å². The summed E-state index contributed by atoms with van der Waals surface area (Å²) in [4.78, 5) is 18.0. The van der Waals surface area contributed by atoms with Crippen LogP contribution in [0.15, 0.2) is 12.1 Å². The van der Waals surface area contributed by atoms with Crippen molar-refractivity contribution in [3.63, 3.8) is 0 Å². The third-order valence-corrected chi connectivity index (χ3v) is 3.32. The molecule has 1 unspecified atom stereocenters. The lowest BCUT2D eigenvalue weighted by Gasteiger charge is -2.17. The van der Waals surface area contributed by atoms with Crippen molar-refractivity contribution < 1.29 is 9.90 Å². The van der Waals surface area contributed by atoms with Crippen molar-refractivity contribution in [2.75, 3.05) is 19.7 Å². The summed E-state index contributed by atoms with van der Waals surface area (Å²) in [7, 11) is 0. The lowest BCUT2D eigenvalue weighted by molar-refractivity contribution is 0.0780. The number of carbonyl (C=O) groups is 1. The van der Waals surface area contributed by atoms with E-state index in [1.807, 2.05) is 0 Å². The van der Waals surface area contributed by atoms with Crippen molar-refractivity contribution in [3.05, 3.63) is 28.5 Å². The number of halogens is 1. The van der Waals surface area contributed by atoms with Gasteiger partial charge in [-0.1, -0.05) is 11.6 Å². The number of hydrogen-bond donors (Lipinski definition) is 1. The van der Waals surface area contributed by atoms with Crippen LogP contribution in [0.4, 0.5) is 0 Å². The largest absolute Gasteiger partial charge is 0.396 e. The first kappa shape index (κ1) is 12.3. The van der Waals surface area contributed by atoms with E-state index < -0.39 is 0 Å². The first-order chi connectivity index (χ1) is 8.11. The Kier molecular flexibility index (Phi) is 3.64. The van der Waals surface area contributed by atoms with Gasteiger partial charge in [0.1, 0.15) is 5.15 Å². The molecular formula is C12H15ClN2O2. The van der Waals surface area contributed by atoms with E-state index in [1.165, 1.54) is 0 Å². The van der Waals surface area contributed by atoms with E-state index in [4.69, 9.17) is 16.7 Å². The molecule has 0 bridgehead atoms. The Bertz CT molecular complexity index is 437. The molecule has 2 rings (SSSR count). The smallest absolute Gasteiger partial charge is 0.255 e. The summed E-state index contributed by atoms with van der Waals surface area (Å²) < 4.78 is 0. The van der Waals surface area contributed by atoms with Gasteiger partial charge in [-0.3, -0.25) is 4.79 Å². The average molecular weight is 255 g/mol. The predicted molar refractivity (Wildman–Crippen MR) is 65.1 cm³/mol. The molecule has 1 N–H and O–H groups in total. The molecule has 1 aliphatic rings. The summed E-state index contributed by atoms with van der Waals surface area (Å²) in [5.41, 5.74) is 1.24. The molecule has 92 valence electrons. The van der Waals surface area contributed by atoms with Crippen molar-refractivity contribution in [2.45, 2.75) is 13.3 Å². The molecule has 0 saturated carbocycles. The highest BCUT2D eigenvalue weighted by molar-refractivity contribution is 6.29. The Morgan fingerprint density at radius 1 is 1.65 bits per heavy atom. The highest BCUT2D eigenvalue weighted by atomic mass is 35.5. The molecule has 1 amide bonds. The zero-order chi connectivity index (χ0) is 12.4. The van der Waals surface area contributed by atoms with Crippen LogP contribution in [0.25, 0.3) is 0 Å². The van der Waals surface area contributed by atoms with Crippen LogP contribution in [0.1, 0.15) is 22.5 Å². The SMILES string of the molecule is Cc1nc(Cl)ccc1C(=O)N1CCC(CO)C1.